The molecular formula is C19H25N3O4. The third kappa shape index (κ3) is 5.47. The Hall–Kier alpha value is -2.57. The van der Waals surface area contributed by atoms with E-state index in [2.05, 4.69) is 10.4 Å². The fourth-order valence-corrected chi connectivity index (χ4v) is 3.20. The highest BCUT2D eigenvalue weighted by Crippen LogP contribution is 2.17. The van der Waals surface area contributed by atoms with Gasteiger partial charge in [0.05, 0.1) is 6.54 Å². The molecule has 0 aromatic carbocycles. The Morgan fingerprint density at radius 1 is 1.19 bits per heavy atom. The first-order chi connectivity index (χ1) is 12.7. The molecule has 1 saturated carbocycles. The second-order valence-corrected chi connectivity index (χ2v) is 6.66. The summed E-state index contributed by atoms with van der Waals surface area (Å²) < 4.78 is 12.2. The van der Waals surface area contributed by atoms with Crippen molar-refractivity contribution in [2.24, 2.45) is 0 Å². The van der Waals surface area contributed by atoms with Crippen LogP contribution >= 0.6 is 0 Å². The van der Waals surface area contributed by atoms with Gasteiger partial charge >= 0.3 is 5.97 Å². The molecule has 1 fully saturated rings. The summed E-state index contributed by atoms with van der Waals surface area (Å²) in [6.45, 7) is 0.146. The summed E-state index contributed by atoms with van der Waals surface area (Å²) in [5.74, 6) is -0.206. The number of ether oxygens (including phenoxy) is 1. The van der Waals surface area contributed by atoms with Gasteiger partial charge in [-0.1, -0.05) is 32.1 Å². The van der Waals surface area contributed by atoms with E-state index in [0.717, 1.165) is 25.7 Å². The Bertz CT molecular complexity index is 700. The van der Waals surface area contributed by atoms with E-state index in [0.29, 0.717) is 12.3 Å². The van der Waals surface area contributed by atoms with Crippen LogP contribution in [0.25, 0.3) is 0 Å². The normalized spacial score (nSPS) is 15.8. The van der Waals surface area contributed by atoms with Crippen LogP contribution < -0.4 is 5.32 Å². The summed E-state index contributed by atoms with van der Waals surface area (Å²) in [7, 11) is 0. The molecule has 0 unspecified atom stereocenters. The molecule has 0 spiro atoms. The molecule has 26 heavy (non-hydrogen) atoms. The topological polar surface area (TPSA) is 86.4 Å². The molecule has 0 aliphatic heterocycles. The molecule has 1 amide bonds. The van der Waals surface area contributed by atoms with Crippen molar-refractivity contribution in [2.45, 2.75) is 57.5 Å². The van der Waals surface area contributed by atoms with Gasteiger partial charge in [0.15, 0.2) is 6.61 Å². The van der Waals surface area contributed by atoms with Crippen LogP contribution in [0.1, 0.15) is 61.3 Å². The van der Waals surface area contributed by atoms with Gasteiger partial charge in [-0.05, 0) is 31.0 Å². The van der Waals surface area contributed by atoms with Gasteiger partial charge in [0.25, 0.3) is 5.91 Å². The highest BCUT2D eigenvalue weighted by atomic mass is 16.5. The van der Waals surface area contributed by atoms with Crippen LogP contribution in [0, 0.1) is 0 Å². The van der Waals surface area contributed by atoms with E-state index in [4.69, 9.17) is 9.15 Å². The first-order valence-corrected chi connectivity index (χ1v) is 9.23. The lowest BCUT2D eigenvalue weighted by atomic mass is 9.97. The number of hydrogen-bond acceptors (Lipinski definition) is 5. The number of aromatic nitrogens is 2. The number of nitrogens with zero attached hydrogens (tertiary/aromatic N) is 2. The van der Waals surface area contributed by atoms with Crippen LogP contribution in [0.5, 0.6) is 0 Å². The molecule has 0 bridgehead atoms. The summed E-state index contributed by atoms with van der Waals surface area (Å²) >= 11 is 0. The lowest BCUT2D eigenvalue weighted by molar-refractivity contribution is -0.125. The van der Waals surface area contributed by atoms with E-state index in [1.54, 1.807) is 29.2 Å². The van der Waals surface area contributed by atoms with Crippen LogP contribution in [0.2, 0.25) is 0 Å². The Kier molecular flexibility index (Phi) is 6.46. The lowest BCUT2D eigenvalue weighted by Crippen LogP contribution is -2.38. The molecule has 140 valence electrons. The lowest BCUT2D eigenvalue weighted by Gasteiger charge is -2.20. The molecule has 7 nitrogen and oxygen atoms in total. The number of hydrogen-bond donors (Lipinski definition) is 1. The predicted molar refractivity (Wildman–Crippen MR) is 94.6 cm³/mol. The van der Waals surface area contributed by atoms with Crippen molar-refractivity contribution in [3.63, 3.8) is 0 Å². The van der Waals surface area contributed by atoms with E-state index >= 15 is 0 Å². The number of rotatable bonds is 6. The van der Waals surface area contributed by atoms with Gasteiger partial charge in [-0.25, -0.2) is 4.79 Å². The van der Waals surface area contributed by atoms with Crippen LogP contribution in [-0.4, -0.2) is 34.3 Å². The molecule has 2 aromatic rings. The van der Waals surface area contributed by atoms with Crippen LogP contribution in [0.3, 0.4) is 0 Å². The third-order valence-electron chi connectivity index (χ3n) is 4.54. The van der Waals surface area contributed by atoms with Crippen LogP contribution in [0.4, 0.5) is 0 Å². The predicted octanol–water partition coefficient (Wildman–Crippen LogP) is 2.91. The zero-order valence-electron chi connectivity index (χ0n) is 14.9. The van der Waals surface area contributed by atoms with E-state index in [1.165, 1.54) is 19.3 Å². The number of amides is 1. The van der Waals surface area contributed by atoms with Crippen LogP contribution in [0.15, 0.2) is 35.0 Å². The maximum Gasteiger partial charge on any atom is 0.374 e. The summed E-state index contributed by atoms with van der Waals surface area (Å²) in [4.78, 5) is 24.1. The Balaban J connectivity index is 1.43. The second-order valence-electron chi connectivity index (χ2n) is 6.66. The van der Waals surface area contributed by atoms with Gasteiger partial charge in [0.2, 0.25) is 5.76 Å². The Morgan fingerprint density at radius 2 is 1.96 bits per heavy atom. The fraction of sp³-hybridized carbons (Fsp3) is 0.526. The van der Waals surface area contributed by atoms with Crippen molar-refractivity contribution < 1.29 is 18.7 Å². The molecule has 2 heterocycles. The van der Waals surface area contributed by atoms with Crippen molar-refractivity contribution in [3.05, 3.63) is 42.1 Å². The monoisotopic (exact) mass is 359 g/mol. The molecule has 1 N–H and O–H groups in total. The minimum atomic E-state index is -0.635. The van der Waals surface area contributed by atoms with E-state index < -0.39 is 5.97 Å². The maximum atomic E-state index is 12.0. The van der Waals surface area contributed by atoms with Crippen LogP contribution in [-0.2, 0) is 16.1 Å². The first kappa shape index (κ1) is 18.2. The van der Waals surface area contributed by atoms with E-state index in [-0.39, 0.29) is 24.3 Å². The van der Waals surface area contributed by atoms with Gasteiger partial charge in [-0.3, -0.25) is 9.48 Å². The smallest absolute Gasteiger partial charge is 0.374 e. The summed E-state index contributed by atoms with van der Waals surface area (Å²) in [6.07, 6.45) is 11.5. The number of carbonyl (C=O) groups excluding carboxylic acids is 2. The molecule has 1 aliphatic rings. The van der Waals surface area contributed by atoms with Crippen molar-refractivity contribution >= 4 is 11.9 Å². The number of furan rings is 1. The van der Waals surface area contributed by atoms with Gasteiger partial charge in [0.1, 0.15) is 5.76 Å². The Labute approximate surface area is 152 Å². The van der Waals surface area contributed by atoms with Gasteiger partial charge in [0, 0.05) is 18.4 Å². The van der Waals surface area contributed by atoms with E-state index in [9.17, 15) is 9.59 Å². The zero-order valence-corrected chi connectivity index (χ0v) is 14.9. The Morgan fingerprint density at radius 3 is 2.69 bits per heavy atom. The van der Waals surface area contributed by atoms with Crippen molar-refractivity contribution in [2.75, 3.05) is 6.61 Å². The van der Waals surface area contributed by atoms with Crippen molar-refractivity contribution in [1.29, 1.82) is 0 Å². The highest BCUT2D eigenvalue weighted by molar-refractivity contribution is 5.88. The molecule has 0 saturated heterocycles. The summed E-state index contributed by atoms with van der Waals surface area (Å²) in [6, 6.07) is 5.25. The molecular weight excluding hydrogens is 334 g/mol. The summed E-state index contributed by atoms with van der Waals surface area (Å²) in [5.41, 5.74) is 0. The average molecular weight is 359 g/mol. The molecule has 2 aromatic heterocycles. The van der Waals surface area contributed by atoms with Crippen molar-refractivity contribution in [1.82, 2.24) is 15.1 Å². The highest BCUT2D eigenvalue weighted by Gasteiger charge is 2.17. The largest absolute Gasteiger partial charge is 0.452 e. The van der Waals surface area contributed by atoms with Crippen molar-refractivity contribution in [3.8, 4) is 0 Å². The molecule has 0 radical (unpaired) electrons. The van der Waals surface area contributed by atoms with Gasteiger partial charge < -0.3 is 14.5 Å². The minimum absolute atomic E-state index is 0.0888. The molecule has 3 rings (SSSR count). The average Bonchev–Trinajstić information content (AvgIpc) is 3.27. The fourth-order valence-electron chi connectivity index (χ4n) is 3.20. The standard InChI is InChI=1S/C19H25N3O4/c23-18(21-15-7-4-2-1-3-5-8-15)14-25-19(24)17-10-9-16(26-17)13-22-12-6-11-20-22/h6,9-12,15H,1-5,7-8,13-14H2,(H,21,23). The van der Waals surface area contributed by atoms with E-state index in [1.807, 2.05) is 6.07 Å². The second kappa shape index (κ2) is 9.22. The maximum absolute atomic E-state index is 12.0. The minimum Gasteiger partial charge on any atom is -0.452 e. The number of nitrogens with one attached hydrogen (secondary N) is 1. The molecule has 0 atom stereocenters. The van der Waals surface area contributed by atoms with Gasteiger partial charge in [-0.15, -0.1) is 0 Å². The van der Waals surface area contributed by atoms with Gasteiger partial charge in [-0.2, -0.15) is 5.10 Å². The quantitative estimate of drug-likeness (QED) is 0.802. The third-order valence-corrected chi connectivity index (χ3v) is 4.54. The number of esters is 1. The molecule has 7 heteroatoms. The zero-order chi connectivity index (χ0) is 18.2. The SMILES string of the molecule is O=C(COC(=O)c1ccc(Cn2cccn2)o1)NC1CCCCCCC1. The molecule has 1 aliphatic carbocycles. The first-order valence-electron chi connectivity index (χ1n) is 9.23. The summed E-state index contributed by atoms with van der Waals surface area (Å²) in [5, 5.41) is 7.05. The number of carbonyl (C=O) groups is 2.